The maximum absolute atomic E-state index is 11.5. The van der Waals surface area contributed by atoms with Crippen LogP contribution in [0.25, 0.3) is 0 Å². The Kier molecular flexibility index (Phi) is 4.29. The van der Waals surface area contributed by atoms with E-state index in [-0.39, 0.29) is 6.10 Å². The summed E-state index contributed by atoms with van der Waals surface area (Å²) in [5.41, 5.74) is 0. The topological polar surface area (TPSA) is 35.5 Å². The van der Waals surface area contributed by atoms with Gasteiger partial charge in [0.1, 0.15) is 5.78 Å². The van der Waals surface area contributed by atoms with Gasteiger partial charge in [-0.05, 0) is 26.2 Å². The molecule has 3 nitrogen and oxygen atoms in total. The van der Waals surface area contributed by atoms with Crippen molar-refractivity contribution in [2.45, 2.75) is 58.8 Å². The van der Waals surface area contributed by atoms with E-state index < -0.39 is 5.79 Å². The Morgan fingerprint density at radius 1 is 1.47 bits per heavy atom. The van der Waals surface area contributed by atoms with Crippen LogP contribution in [0.4, 0.5) is 0 Å². The molecule has 3 heteroatoms. The highest BCUT2D eigenvalue weighted by Crippen LogP contribution is 2.25. The first-order valence-corrected chi connectivity index (χ1v) is 5.72. The molecule has 0 saturated carbocycles. The minimum atomic E-state index is -0.467. The molecule has 0 aromatic heterocycles. The molecule has 1 saturated heterocycles. The predicted octanol–water partition coefficient (Wildman–Crippen LogP) is 2.53. The molecule has 0 aromatic carbocycles. The third kappa shape index (κ3) is 4.76. The van der Waals surface area contributed by atoms with Crippen molar-refractivity contribution in [1.29, 1.82) is 0 Å². The van der Waals surface area contributed by atoms with E-state index in [0.717, 1.165) is 6.42 Å². The van der Waals surface area contributed by atoms with Crippen molar-refractivity contribution in [3.63, 3.8) is 0 Å². The van der Waals surface area contributed by atoms with Gasteiger partial charge < -0.3 is 9.47 Å². The number of carbonyl (C=O) groups is 1. The van der Waals surface area contributed by atoms with Crippen LogP contribution in [-0.2, 0) is 14.3 Å². The minimum absolute atomic E-state index is 0.0936. The maximum atomic E-state index is 11.5. The second kappa shape index (κ2) is 5.08. The molecule has 1 atom stereocenters. The number of carbonyl (C=O) groups excluding carboxylic acids is 1. The Morgan fingerprint density at radius 3 is 2.60 bits per heavy atom. The van der Waals surface area contributed by atoms with E-state index in [2.05, 4.69) is 13.8 Å². The van der Waals surface area contributed by atoms with Crippen molar-refractivity contribution >= 4 is 5.78 Å². The molecule has 0 spiro atoms. The molecular weight excluding hydrogens is 192 g/mol. The van der Waals surface area contributed by atoms with Crippen LogP contribution in [0.2, 0.25) is 0 Å². The molecule has 0 radical (unpaired) electrons. The van der Waals surface area contributed by atoms with Crippen molar-refractivity contribution in [2.24, 2.45) is 5.92 Å². The van der Waals surface area contributed by atoms with Crippen LogP contribution >= 0.6 is 0 Å². The Labute approximate surface area is 92.1 Å². The summed E-state index contributed by atoms with van der Waals surface area (Å²) in [6.45, 7) is 8.56. The molecule has 0 aromatic rings. The average molecular weight is 214 g/mol. The van der Waals surface area contributed by atoms with Crippen LogP contribution in [0.1, 0.15) is 47.0 Å². The maximum Gasteiger partial charge on any atom is 0.163 e. The monoisotopic (exact) mass is 214 g/mol. The van der Waals surface area contributed by atoms with Crippen LogP contribution in [0, 0.1) is 5.92 Å². The van der Waals surface area contributed by atoms with E-state index in [1.54, 1.807) is 0 Å². The lowest BCUT2D eigenvalue weighted by Crippen LogP contribution is -2.21. The second-order valence-corrected chi connectivity index (χ2v) is 5.13. The molecule has 0 bridgehead atoms. The first kappa shape index (κ1) is 12.7. The Morgan fingerprint density at radius 2 is 2.13 bits per heavy atom. The van der Waals surface area contributed by atoms with Gasteiger partial charge in [0.15, 0.2) is 5.79 Å². The molecule has 1 aliphatic heterocycles. The minimum Gasteiger partial charge on any atom is -0.348 e. The largest absolute Gasteiger partial charge is 0.348 e. The Hall–Kier alpha value is -0.410. The van der Waals surface area contributed by atoms with E-state index in [0.29, 0.717) is 31.1 Å². The highest BCUT2D eigenvalue weighted by Gasteiger charge is 2.32. The molecule has 88 valence electrons. The number of ketones is 1. The van der Waals surface area contributed by atoms with Crippen molar-refractivity contribution in [1.82, 2.24) is 0 Å². The van der Waals surface area contributed by atoms with Gasteiger partial charge in [0.2, 0.25) is 0 Å². The number of rotatable bonds is 5. The molecule has 1 fully saturated rings. The Balaban J connectivity index is 2.18. The van der Waals surface area contributed by atoms with Crippen LogP contribution in [-0.4, -0.2) is 24.3 Å². The van der Waals surface area contributed by atoms with Gasteiger partial charge in [0, 0.05) is 12.8 Å². The van der Waals surface area contributed by atoms with Gasteiger partial charge in [0.05, 0.1) is 12.7 Å². The molecule has 0 N–H and O–H groups in total. The van der Waals surface area contributed by atoms with E-state index in [4.69, 9.17) is 9.47 Å². The smallest absolute Gasteiger partial charge is 0.163 e. The summed E-state index contributed by atoms with van der Waals surface area (Å²) in [7, 11) is 0. The van der Waals surface area contributed by atoms with Crippen molar-refractivity contribution < 1.29 is 14.3 Å². The predicted molar refractivity (Wildman–Crippen MR) is 58.6 cm³/mol. The number of Topliss-reactive ketones (excluding diaryl/α,β-unsaturated/α-hetero) is 1. The lowest BCUT2D eigenvalue weighted by atomic mass is 10.0. The van der Waals surface area contributed by atoms with Gasteiger partial charge >= 0.3 is 0 Å². The van der Waals surface area contributed by atoms with Crippen LogP contribution < -0.4 is 0 Å². The second-order valence-electron chi connectivity index (χ2n) is 5.13. The molecular formula is C12H22O3. The highest BCUT2D eigenvalue weighted by molar-refractivity contribution is 5.78. The van der Waals surface area contributed by atoms with Crippen LogP contribution in [0.3, 0.4) is 0 Å². The summed E-state index contributed by atoms with van der Waals surface area (Å²) in [5.74, 6) is 0.319. The molecule has 0 aliphatic carbocycles. The lowest BCUT2D eigenvalue weighted by molar-refractivity contribution is -0.140. The third-order valence-corrected chi connectivity index (χ3v) is 2.45. The average Bonchev–Trinajstić information content (AvgIpc) is 2.41. The summed E-state index contributed by atoms with van der Waals surface area (Å²) in [4.78, 5) is 11.5. The van der Waals surface area contributed by atoms with Crippen molar-refractivity contribution in [2.75, 3.05) is 6.61 Å². The van der Waals surface area contributed by atoms with Crippen LogP contribution in [0.15, 0.2) is 0 Å². The van der Waals surface area contributed by atoms with Gasteiger partial charge in [-0.15, -0.1) is 0 Å². The van der Waals surface area contributed by atoms with Gasteiger partial charge in [-0.1, -0.05) is 13.8 Å². The standard InChI is InChI=1S/C12H22O3/c1-9(2)7-10(13)5-6-11-8-14-12(3,4)15-11/h9,11H,5-8H2,1-4H3. The highest BCUT2D eigenvalue weighted by atomic mass is 16.7. The van der Waals surface area contributed by atoms with Gasteiger partial charge in [-0.2, -0.15) is 0 Å². The number of ether oxygens (including phenoxy) is 2. The zero-order chi connectivity index (χ0) is 11.5. The summed E-state index contributed by atoms with van der Waals surface area (Å²) >= 11 is 0. The SMILES string of the molecule is CC(C)CC(=O)CCC1COC(C)(C)O1. The van der Waals surface area contributed by atoms with Gasteiger partial charge in [-0.3, -0.25) is 4.79 Å². The molecule has 1 unspecified atom stereocenters. The molecule has 15 heavy (non-hydrogen) atoms. The van der Waals surface area contributed by atoms with E-state index in [1.165, 1.54) is 0 Å². The zero-order valence-electron chi connectivity index (χ0n) is 10.2. The fourth-order valence-corrected chi connectivity index (χ4v) is 1.78. The number of hydrogen-bond donors (Lipinski definition) is 0. The molecule has 1 heterocycles. The first-order chi connectivity index (χ1) is 6.89. The summed E-state index contributed by atoms with van der Waals surface area (Å²) in [5, 5.41) is 0. The van der Waals surface area contributed by atoms with E-state index in [1.807, 2.05) is 13.8 Å². The van der Waals surface area contributed by atoms with E-state index >= 15 is 0 Å². The third-order valence-electron chi connectivity index (χ3n) is 2.45. The fourth-order valence-electron chi connectivity index (χ4n) is 1.78. The first-order valence-electron chi connectivity index (χ1n) is 5.72. The van der Waals surface area contributed by atoms with Crippen molar-refractivity contribution in [3.05, 3.63) is 0 Å². The molecule has 1 rings (SSSR count). The summed E-state index contributed by atoms with van der Waals surface area (Å²) in [6.07, 6.45) is 2.17. The fraction of sp³-hybridized carbons (Fsp3) is 0.917. The molecule has 1 aliphatic rings. The Bertz CT molecular complexity index is 221. The normalized spacial score (nSPS) is 24.7. The van der Waals surface area contributed by atoms with Gasteiger partial charge in [-0.25, -0.2) is 0 Å². The van der Waals surface area contributed by atoms with E-state index in [9.17, 15) is 4.79 Å². The van der Waals surface area contributed by atoms with Crippen molar-refractivity contribution in [3.8, 4) is 0 Å². The quantitative estimate of drug-likeness (QED) is 0.705. The van der Waals surface area contributed by atoms with Gasteiger partial charge in [0.25, 0.3) is 0 Å². The lowest BCUT2D eigenvalue weighted by Gasteiger charge is -2.16. The molecule has 0 amide bonds. The van der Waals surface area contributed by atoms with Crippen LogP contribution in [0.5, 0.6) is 0 Å². The zero-order valence-corrected chi connectivity index (χ0v) is 10.2. The number of hydrogen-bond acceptors (Lipinski definition) is 3. The summed E-state index contributed by atoms with van der Waals surface area (Å²) in [6, 6.07) is 0. The summed E-state index contributed by atoms with van der Waals surface area (Å²) < 4.78 is 11.1.